The molecule has 1 aliphatic rings. The molecule has 0 N–H and O–H groups in total. The summed E-state index contributed by atoms with van der Waals surface area (Å²) in [4.78, 5) is 4.92. The van der Waals surface area contributed by atoms with Crippen LogP contribution < -0.4 is 9.30 Å². The van der Waals surface area contributed by atoms with Crippen molar-refractivity contribution in [3.8, 4) is 118 Å². The summed E-state index contributed by atoms with van der Waals surface area (Å²) in [7, 11) is 0. The SMILES string of the molecule is [2H]c1c([2H])c([2H])c(-c2c([2H])c(-c3ccc4c(c3)-c3cccc(-c5ccc(C(C)(C)C)cc5)c3-[n+]3[c-]n(-c5[c-]c(Oc6[c-]c7c(cc6)c6ccccc6n7-c6cc(C(C)(C)C)ccn6)ccc5)c5cc(-c6ccc7oc8ccccc8c7c6)cc(c53)-c3ccccc3-4)c([2H])c(-c3c([2H])c([2H])c([2H])c([2H])c3[2H])c2[2H])c([2H])c1[2H].[Pt]. The second kappa shape index (κ2) is 24.0. The number of nitrogens with zero attached hydrogens (tertiary/aromatic N) is 4. The normalized spacial score (nSPS) is 13.9. The molecule has 7 heteroatoms. The second-order valence-corrected chi connectivity index (χ2v) is 26.9. The fourth-order valence-electron chi connectivity index (χ4n) is 13.9. The molecule has 0 bridgehead atoms. The third kappa shape index (κ3) is 10.7. The number of hydrogen-bond donors (Lipinski definition) is 0. The van der Waals surface area contributed by atoms with Gasteiger partial charge in [0.15, 0.2) is 0 Å². The molecular formula is C92H66N4O2Pt-2. The van der Waals surface area contributed by atoms with Crippen molar-refractivity contribution in [2.75, 3.05) is 0 Å². The van der Waals surface area contributed by atoms with Gasteiger partial charge in [0.05, 0.1) is 34.5 Å². The molecule has 0 amide bonds. The maximum atomic E-state index is 10.3. The van der Waals surface area contributed by atoms with Gasteiger partial charge in [-0.3, -0.25) is 4.57 Å². The third-order valence-corrected chi connectivity index (χ3v) is 18.8. The molecule has 0 atom stereocenters. The van der Waals surface area contributed by atoms with Crippen molar-refractivity contribution in [1.82, 2.24) is 14.1 Å². The van der Waals surface area contributed by atoms with E-state index in [0.717, 1.165) is 116 Å². The van der Waals surface area contributed by atoms with Gasteiger partial charge in [-0.15, -0.1) is 29.7 Å². The van der Waals surface area contributed by atoms with Gasteiger partial charge < -0.3 is 18.3 Å². The summed E-state index contributed by atoms with van der Waals surface area (Å²) in [6.45, 7) is 13.1. The first-order valence-corrected chi connectivity index (χ1v) is 32.6. The van der Waals surface area contributed by atoms with Gasteiger partial charge in [0.2, 0.25) is 0 Å². The molecule has 99 heavy (non-hydrogen) atoms. The van der Waals surface area contributed by atoms with Gasteiger partial charge in [0.1, 0.15) is 17.0 Å². The Balaban J connectivity index is 0.00000910. The number of aromatic nitrogens is 4. The Hall–Kier alpha value is -11.4. The number of furan rings is 1. The van der Waals surface area contributed by atoms with Crippen LogP contribution in [0.1, 0.15) is 70.5 Å². The van der Waals surface area contributed by atoms with E-state index in [1.54, 1.807) is 6.07 Å². The van der Waals surface area contributed by atoms with Crippen LogP contribution in [0, 0.1) is 18.5 Å². The van der Waals surface area contributed by atoms with E-state index in [1.165, 1.54) is 0 Å². The fraction of sp³-hybridized carbons (Fsp3) is 0.0870. The number of rotatable bonds is 9. The monoisotopic (exact) mass is 1470 g/mol. The van der Waals surface area contributed by atoms with Crippen molar-refractivity contribution >= 4 is 54.8 Å². The Labute approximate surface area is 608 Å². The third-order valence-electron chi connectivity index (χ3n) is 18.8. The standard InChI is InChI=1S/C92H66N4O2.Pt/c1-91(2,3)67-39-35-60(36-40-67)72-31-20-32-79-80-50-61(65-48-63(58-21-9-7-10-22-58)47-64(49-65)59-23-11-8-12-24-59)37-42-75(80)73-27-13-14-28-74(73)82-52-66(62-38-44-87-81(51-62)78-30-16-18-34-86(78)98-87)53-85-90(82)95(89(72)79)57-94(85)69-25-19-26-70(55-69)97-71-41-43-77-76-29-15-17-33-83(76)96(84(77)56-71)88-54-68(45-46-93-88)92(4,5)6;/h7-54H,1-6H3;/q-2;/i7D,8D,9D,10D,11D,12D,21D,22D,23D,24D,47D,48D,49D;. The van der Waals surface area contributed by atoms with Crippen LogP contribution in [0.25, 0.3) is 161 Å². The number of para-hydroxylation sites is 3. The average Bonchev–Trinajstić information content (AvgIpc) is 1.62. The summed E-state index contributed by atoms with van der Waals surface area (Å²) in [5.74, 6) is 1.60. The maximum absolute atomic E-state index is 10.3. The van der Waals surface area contributed by atoms with E-state index >= 15 is 0 Å². The average molecular weight is 1470 g/mol. The zero-order chi connectivity index (χ0) is 77.3. The van der Waals surface area contributed by atoms with E-state index in [-0.39, 0.29) is 43.0 Å². The summed E-state index contributed by atoms with van der Waals surface area (Å²) in [5, 5.41) is 3.93. The molecule has 17 aromatic rings. The van der Waals surface area contributed by atoms with Crippen molar-refractivity contribution in [3.05, 3.63) is 321 Å². The Bertz CT molecular complexity index is 6730. The number of benzene rings is 13. The Kier molecular flexibility index (Phi) is 11.7. The molecule has 5 heterocycles. The van der Waals surface area contributed by atoms with E-state index in [0.29, 0.717) is 34.0 Å². The number of hydrogen-bond acceptors (Lipinski definition) is 3. The van der Waals surface area contributed by atoms with Gasteiger partial charge >= 0.3 is 0 Å². The van der Waals surface area contributed by atoms with Crippen LogP contribution in [0.2, 0.25) is 0 Å². The minimum Gasteiger partial charge on any atom is -0.510 e. The van der Waals surface area contributed by atoms with Crippen molar-refractivity contribution in [2.45, 2.75) is 52.4 Å². The van der Waals surface area contributed by atoms with Gasteiger partial charge in [-0.25, -0.2) is 4.98 Å². The van der Waals surface area contributed by atoms with E-state index in [1.807, 2.05) is 108 Å². The van der Waals surface area contributed by atoms with Gasteiger partial charge in [-0.1, -0.05) is 235 Å². The summed E-state index contributed by atoms with van der Waals surface area (Å²) in [6, 6.07) is 67.1. The quantitative estimate of drug-likeness (QED) is 0.107. The number of fused-ring (bicyclic) bond motifs is 13. The van der Waals surface area contributed by atoms with E-state index in [4.69, 9.17) is 22.4 Å². The van der Waals surface area contributed by atoms with Crippen LogP contribution in [0.3, 0.4) is 0 Å². The van der Waals surface area contributed by atoms with Crippen molar-refractivity contribution in [3.63, 3.8) is 0 Å². The van der Waals surface area contributed by atoms with Crippen LogP contribution in [0.4, 0.5) is 0 Å². The van der Waals surface area contributed by atoms with Gasteiger partial charge in [-0.2, -0.15) is 18.2 Å². The number of ether oxygens (including phenoxy) is 1. The molecule has 18 rings (SSSR count). The topological polar surface area (TPSA) is 49.0 Å². The molecule has 0 spiro atoms. The zero-order valence-electron chi connectivity index (χ0n) is 67.6. The van der Waals surface area contributed by atoms with Gasteiger partial charge in [-0.05, 0) is 189 Å². The van der Waals surface area contributed by atoms with Gasteiger partial charge in [0, 0.05) is 55.1 Å². The molecule has 6 nitrogen and oxygen atoms in total. The molecule has 0 unspecified atom stereocenters. The minimum absolute atomic E-state index is 0. The Morgan fingerprint density at radius 2 is 1.02 bits per heavy atom. The molecule has 4 aromatic heterocycles. The molecule has 13 aromatic carbocycles. The molecule has 0 saturated heterocycles. The van der Waals surface area contributed by atoms with Crippen LogP contribution in [-0.2, 0) is 31.9 Å². The number of imidazole rings is 1. The summed E-state index contributed by atoms with van der Waals surface area (Å²) < 4.78 is 140. The maximum Gasteiger partial charge on any atom is 0.268 e. The van der Waals surface area contributed by atoms with Crippen molar-refractivity contribution in [2.24, 2.45) is 0 Å². The van der Waals surface area contributed by atoms with Crippen molar-refractivity contribution < 1.29 is 52.6 Å². The molecular weight excluding hydrogens is 1390 g/mol. The van der Waals surface area contributed by atoms with Crippen LogP contribution in [0.15, 0.2) is 295 Å². The Morgan fingerprint density at radius 1 is 0.424 bits per heavy atom. The predicted octanol–water partition coefficient (Wildman–Crippen LogP) is 23.7. The van der Waals surface area contributed by atoms with Gasteiger partial charge in [0.25, 0.3) is 6.33 Å². The molecule has 1 aliphatic heterocycles. The molecule has 0 saturated carbocycles. The summed E-state index contributed by atoms with van der Waals surface area (Å²) >= 11 is 0. The molecule has 0 fully saturated rings. The molecule has 0 aliphatic carbocycles. The first-order valence-electron chi connectivity index (χ1n) is 39.1. The Morgan fingerprint density at radius 3 is 1.77 bits per heavy atom. The number of pyridine rings is 1. The molecule has 478 valence electrons. The van der Waals surface area contributed by atoms with Crippen LogP contribution in [-0.4, -0.2) is 14.1 Å². The minimum atomic E-state index is -0.747. The summed E-state index contributed by atoms with van der Waals surface area (Å²) in [6.07, 6.45) is 5.80. The fourth-order valence-corrected chi connectivity index (χ4v) is 13.9. The van der Waals surface area contributed by atoms with Crippen molar-refractivity contribution in [1.29, 1.82) is 0 Å². The van der Waals surface area contributed by atoms with E-state index in [9.17, 15) is 9.60 Å². The largest absolute Gasteiger partial charge is 0.510 e. The molecule has 0 radical (unpaired) electrons. The van der Waals surface area contributed by atoms with E-state index < -0.39 is 101 Å². The first-order chi connectivity index (χ1) is 53.2. The summed E-state index contributed by atoms with van der Waals surface area (Å²) in [5.41, 5.74) is 13.6. The smallest absolute Gasteiger partial charge is 0.268 e. The van der Waals surface area contributed by atoms with Crippen LogP contribution >= 0.6 is 0 Å². The van der Waals surface area contributed by atoms with E-state index in [2.05, 4.69) is 172 Å². The zero-order valence-corrected chi connectivity index (χ0v) is 56.9. The second-order valence-electron chi connectivity index (χ2n) is 26.9. The first kappa shape index (κ1) is 48.3. The predicted molar refractivity (Wildman–Crippen MR) is 402 cm³/mol. The van der Waals surface area contributed by atoms with Crippen LogP contribution in [0.5, 0.6) is 11.5 Å².